The van der Waals surface area contributed by atoms with Crippen LogP contribution >= 0.6 is 0 Å². The van der Waals surface area contributed by atoms with Gasteiger partial charge in [-0.05, 0) is 40.0 Å². The molecule has 0 amide bonds. The largest absolute Gasteiger partial charge is 0.461 e. The molecule has 1 rings (SSSR count). The molecule has 0 aliphatic rings. The molecular weight excluding hydrogens is 298 g/mol. The summed E-state index contributed by atoms with van der Waals surface area (Å²) in [6.45, 7) is 13.2. The predicted octanol–water partition coefficient (Wildman–Crippen LogP) is 4.55. The molecular formula is C21H35NO2. The van der Waals surface area contributed by atoms with Crippen LogP contribution in [0.4, 0.5) is 0 Å². The minimum Gasteiger partial charge on any atom is -0.461 e. The van der Waals surface area contributed by atoms with Crippen molar-refractivity contribution in [3.63, 3.8) is 0 Å². The van der Waals surface area contributed by atoms with E-state index in [2.05, 4.69) is 25.8 Å². The maximum atomic E-state index is 12.7. The normalized spacial score (nSPS) is 12.5. The molecule has 24 heavy (non-hydrogen) atoms. The van der Waals surface area contributed by atoms with E-state index in [1.54, 1.807) is 6.20 Å². The Morgan fingerprint density at radius 1 is 1.12 bits per heavy atom. The summed E-state index contributed by atoms with van der Waals surface area (Å²) in [5.41, 5.74) is 1.91. The van der Waals surface area contributed by atoms with Gasteiger partial charge in [0.15, 0.2) is 0 Å². The number of hydrogen-bond donors (Lipinski definition) is 1. The van der Waals surface area contributed by atoms with Crippen LogP contribution in [0.3, 0.4) is 0 Å². The highest BCUT2D eigenvalue weighted by molar-refractivity contribution is 5.90. The van der Waals surface area contributed by atoms with Crippen LogP contribution in [0, 0.1) is 5.41 Å². The molecule has 136 valence electrons. The van der Waals surface area contributed by atoms with E-state index in [0.717, 1.165) is 54.7 Å². The number of aromatic amines is 1. The second-order valence-corrected chi connectivity index (χ2v) is 7.11. The minimum absolute atomic E-state index is 0.134. The van der Waals surface area contributed by atoms with Gasteiger partial charge in [0.05, 0.1) is 12.2 Å². The number of hydrogen-bond acceptors (Lipinski definition) is 2. The van der Waals surface area contributed by atoms with Gasteiger partial charge in [0, 0.05) is 22.2 Å². The molecule has 3 nitrogen and oxygen atoms in total. The zero-order valence-electron chi connectivity index (χ0n) is 16.4. The zero-order valence-corrected chi connectivity index (χ0v) is 16.4. The van der Waals surface area contributed by atoms with E-state index in [4.69, 9.17) is 4.74 Å². The highest BCUT2D eigenvalue weighted by atomic mass is 16.5. The molecule has 0 spiro atoms. The molecule has 0 aliphatic heterocycles. The molecule has 1 aromatic rings. The number of nitrogens with one attached hydrogen (secondary N) is 1. The number of carbonyl (C=O) groups excluding carboxylic acids is 1. The topological polar surface area (TPSA) is 42.1 Å². The Balaban J connectivity index is 3.03. The first-order valence-electron chi connectivity index (χ1n) is 9.43. The first-order chi connectivity index (χ1) is 11.4. The Hall–Kier alpha value is -1.51. The van der Waals surface area contributed by atoms with Crippen molar-refractivity contribution in [3.05, 3.63) is 22.3 Å². The average molecular weight is 334 g/mol. The fraction of sp³-hybridized carbons (Fsp3) is 0.667. The van der Waals surface area contributed by atoms with Crippen molar-refractivity contribution in [1.29, 1.82) is 0 Å². The maximum Gasteiger partial charge on any atom is 0.340 e. The lowest BCUT2D eigenvalue weighted by atomic mass is 9.76. The lowest BCUT2D eigenvalue weighted by Crippen LogP contribution is -2.32. The Labute approximate surface area is 147 Å². The van der Waals surface area contributed by atoms with E-state index in [1.807, 2.05) is 26.8 Å². The molecule has 0 saturated carbocycles. The van der Waals surface area contributed by atoms with Gasteiger partial charge < -0.3 is 9.72 Å². The molecule has 1 heterocycles. The minimum atomic E-state index is -0.205. The van der Waals surface area contributed by atoms with Crippen LogP contribution in [0.2, 0.25) is 0 Å². The molecule has 0 bridgehead atoms. The number of aromatic nitrogens is 1. The van der Waals surface area contributed by atoms with Gasteiger partial charge in [0.25, 0.3) is 0 Å². The Morgan fingerprint density at radius 2 is 1.67 bits per heavy atom. The van der Waals surface area contributed by atoms with Gasteiger partial charge in [-0.25, -0.2) is 4.79 Å². The van der Waals surface area contributed by atoms with E-state index in [9.17, 15) is 4.79 Å². The highest BCUT2D eigenvalue weighted by Crippen LogP contribution is 2.35. The highest BCUT2D eigenvalue weighted by Gasteiger charge is 2.29. The van der Waals surface area contributed by atoms with E-state index >= 15 is 0 Å². The average Bonchev–Trinajstić information content (AvgIpc) is 2.97. The van der Waals surface area contributed by atoms with Gasteiger partial charge in [-0.3, -0.25) is 0 Å². The van der Waals surface area contributed by atoms with Crippen LogP contribution in [0.1, 0.15) is 90.4 Å². The maximum absolute atomic E-state index is 12.7. The molecule has 3 heteroatoms. The summed E-state index contributed by atoms with van der Waals surface area (Å²) in [4.78, 5) is 15.9. The van der Waals surface area contributed by atoms with Crippen molar-refractivity contribution >= 4 is 17.6 Å². The van der Waals surface area contributed by atoms with Crippen LogP contribution in [0.15, 0.2) is 6.20 Å². The van der Waals surface area contributed by atoms with Crippen LogP contribution in [-0.4, -0.2) is 17.6 Å². The second kappa shape index (κ2) is 9.71. The van der Waals surface area contributed by atoms with Gasteiger partial charge in [0.2, 0.25) is 0 Å². The van der Waals surface area contributed by atoms with Crippen molar-refractivity contribution in [3.8, 4) is 0 Å². The third kappa shape index (κ3) is 4.99. The Morgan fingerprint density at radius 3 is 2.08 bits per heavy atom. The number of rotatable bonds is 9. The fourth-order valence-electron chi connectivity index (χ4n) is 3.85. The Kier molecular flexibility index (Phi) is 8.30. The quantitative estimate of drug-likeness (QED) is 0.674. The van der Waals surface area contributed by atoms with E-state index in [1.165, 1.54) is 0 Å². The summed E-state index contributed by atoms with van der Waals surface area (Å²) in [5, 5.41) is 1.97. The number of carbonyl (C=O) groups is 1. The molecule has 0 radical (unpaired) electrons. The van der Waals surface area contributed by atoms with Crippen molar-refractivity contribution in [2.75, 3.05) is 6.61 Å². The SMILES string of the molecule is C/C=c1/[nH]cc(C(=O)OCC(CCC)(CCC)CCC)c1=C(C)C. The van der Waals surface area contributed by atoms with Crippen molar-refractivity contribution in [2.45, 2.75) is 80.1 Å². The zero-order chi connectivity index (χ0) is 18.2. The second-order valence-electron chi connectivity index (χ2n) is 7.11. The summed E-state index contributed by atoms with van der Waals surface area (Å²) in [6.07, 6.45) is 10.5. The summed E-state index contributed by atoms with van der Waals surface area (Å²) in [7, 11) is 0. The molecule has 1 aromatic heterocycles. The molecule has 0 aliphatic carbocycles. The van der Waals surface area contributed by atoms with Crippen LogP contribution < -0.4 is 10.6 Å². The summed E-state index contributed by atoms with van der Waals surface area (Å²) >= 11 is 0. The lowest BCUT2D eigenvalue weighted by molar-refractivity contribution is 0.0199. The van der Waals surface area contributed by atoms with E-state index < -0.39 is 0 Å². The van der Waals surface area contributed by atoms with Crippen molar-refractivity contribution in [1.82, 2.24) is 4.98 Å². The third-order valence-corrected chi connectivity index (χ3v) is 4.77. The number of esters is 1. The fourth-order valence-corrected chi connectivity index (χ4v) is 3.85. The standard InChI is InChI=1S/C21H35NO2/c1-7-11-21(12-8-2,13-9-3)15-24-20(23)17-14-22-18(10-4)19(17)16(5)6/h10,14,22H,7-9,11-13,15H2,1-6H3/b18-10+. The molecule has 0 fully saturated rings. The molecule has 0 saturated heterocycles. The number of ether oxygens (including phenoxy) is 1. The summed E-state index contributed by atoms with van der Waals surface area (Å²) < 4.78 is 5.81. The van der Waals surface area contributed by atoms with Crippen LogP contribution in [-0.2, 0) is 4.74 Å². The van der Waals surface area contributed by atoms with Gasteiger partial charge in [-0.15, -0.1) is 0 Å². The smallest absolute Gasteiger partial charge is 0.340 e. The van der Waals surface area contributed by atoms with E-state index in [0.29, 0.717) is 12.2 Å². The van der Waals surface area contributed by atoms with Gasteiger partial charge in [-0.1, -0.05) is 51.7 Å². The molecule has 0 aromatic carbocycles. The Bertz CT molecular complexity index is 618. The first kappa shape index (κ1) is 20.5. The molecule has 0 unspecified atom stereocenters. The van der Waals surface area contributed by atoms with Gasteiger partial charge >= 0.3 is 5.97 Å². The first-order valence-corrected chi connectivity index (χ1v) is 9.43. The van der Waals surface area contributed by atoms with Crippen LogP contribution in [0.25, 0.3) is 11.6 Å². The monoisotopic (exact) mass is 333 g/mol. The predicted molar refractivity (Wildman–Crippen MR) is 102 cm³/mol. The van der Waals surface area contributed by atoms with Crippen molar-refractivity contribution < 1.29 is 9.53 Å². The van der Waals surface area contributed by atoms with Crippen molar-refractivity contribution in [2.24, 2.45) is 5.41 Å². The van der Waals surface area contributed by atoms with E-state index in [-0.39, 0.29) is 11.4 Å². The van der Waals surface area contributed by atoms with Gasteiger partial charge in [-0.2, -0.15) is 0 Å². The third-order valence-electron chi connectivity index (χ3n) is 4.77. The summed E-state index contributed by atoms with van der Waals surface area (Å²) in [5.74, 6) is -0.205. The van der Waals surface area contributed by atoms with Gasteiger partial charge in [0.1, 0.15) is 0 Å². The van der Waals surface area contributed by atoms with Crippen LogP contribution in [0.5, 0.6) is 0 Å². The molecule has 0 atom stereocenters. The number of H-pyrrole nitrogens is 1. The lowest BCUT2D eigenvalue weighted by Gasteiger charge is -2.32. The molecule has 1 N–H and O–H groups in total. The summed E-state index contributed by atoms with van der Waals surface area (Å²) in [6, 6.07) is 0.